The summed E-state index contributed by atoms with van der Waals surface area (Å²) in [4.78, 5) is 27.5. The summed E-state index contributed by atoms with van der Waals surface area (Å²) < 4.78 is 30.5. The molecule has 32 heavy (non-hydrogen) atoms. The number of fused-ring (bicyclic) bond motifs is 1. The third-order valence-corrected chi connectivity index (χ3v) is 6.30. The number of hydrogen-bond donors (Lipinski definition) is 1. The average molecular weight is 446 g/mol. The van der Waals surface area contributed by atoms with Gasteiger partial charge in [-0.15, -0.1) is 10.2 Å². The summed E-state index contributed by atoms with van der Waals surface area (Å²) in [6, 6.07) is 5.01. The Labute approximate surface area is 185 Å². The lowest BCUT2D eigenvalue weighted by Gasteiger charge is -2.38. The normalized spacial score (nSPS) is 20.6. The molecule has 1 aliphatic heterocycles. The largest absolute Gasteiger partial charge is 0.415 e. The molecule has 1 aromatic heterocycles. The van der Waals surface area contributed by atoms with Crippen LogP contribution in [0, 0.1) is 0 Å². The molecule has 2 atom stereocenters. The summed E-state index contributed by atoms with van der Waals surface area (Å²) in [5, 5.41) is 10.2. The fourth-order valence-electron chi connectivity index (χ4n) is 4.63. The van der Waals surface area contributed by atoms with Crippen LogP contribution in [0.4, 0.5) is 8.78 Å². The predicted octanol–water partition coefficient (Wildman–Crippen LogP) is 4.64. The third kappa shape index (κ3) is 4.66. The van der Waals surface area contributed by atoms with Crippen molar-refractivity contribution in [2.24, 2.45) is 0 Å². The number of amides is 2. The zero-order valence-electron chi connectivity index (χ0n) is 18.2. The molecular formula is C23H28F2N4O3. The van der Waals surface area contributed by atoms with Crippen molar-refractivity contribution in [3.05, 3.63) is 35.2 Å². The molecule has 9 heteroatoms. The number of hydrogen-bond acceptors (Lipinski definition) is 5. The van der Waals surface area contributed by atoms with Crippen molar-refractivity contribution in [2.45, 2.75) is 83.3 Å². The Hall–Kier alpha value is -2.84. The van der Waals surface area contributed by atoms with Crippen molar-refractivity contribution in [3.63, 3.8) is 0 Å². The van der Waals surface area contributed by atoms with Crippen molar-refractivity contribution in [1.29, 1.82) is 0 Å². The number of benzene rings is 1. The second-order valence-corrected chi connectivity index (χ2v) is 8.53. The quantitative estimate of drug-likeness (QED) is 0.597. The number of alkyl halides is 2. The van der Waals surface area contributed by atoms with Gasteiger partial charge in [-0.25, -0.2) is 0 Å². The number of carbonyl (C=O) groups excluding carboxylic acids is 2. The molecule has 7 nitrogen and oxygen atoms in total. The van der Waals surface area contributed by atoms with Gasteiger partial charge < -0.3 is 14.6 Å². The van der Waals surface area contributed by atoms with Crippen LogP contribution in [0.25, 0.3) is 11.5 Å². The van der Waals surface area contributed by atoms with Gasteiger partial charge in [0.2, 0.25) is 11.8 Å². The first kappa shape index (κ1) is 22.4. The first-order valence-corrected chi connectivity index (χ1v) is 11.3. The van der Waals surface area contributed by atoms with Crippen molar-refractivity contribution >= 4 is 11.8 Å². The lowest BCUT2D eigenvalue weighted by atomic mass is 9.89. The maximum atomic E-state index is 13.3. The Balaban J connectivity index is 1.48. The van der Waals surface area contributed by atoms with Crippen molar-refractivity contribution in [3.8, 4) is 11.5 Å². The second kappa shape index (κ2) is 9.75. The van der Waals surface area contributed by atoms with Crippen LogP contribution in [0.3, 0.4) is 0 Å². The lowest BCUT2D eigenvalue weighted by molar-refractivity contribution is -0.122. The van der Waals surface area contributed by atoms with E-state index in [0.717, 1.165) is 50.5 Å². The van der Waals surface area contributed by atoms with E-state index in [0.29, 0.717) is 24.1 Å². The van der Waals surface area contributed by atoms with Gasteiger partial charge in [0.05, 0.1) is 6.04 Å². The van der Waals surface area contributed by atoms with Gasteiger partial charge in [-0.05, 0) is 37.0 Å². The molecule has 2 heterocycles. The highest BCUT2D eigenvalue weighted by Crippen LogP contribution is 2.34. The summed E-state index contributed by atoms with van der Waals surface area (Å²) in [5.41, 5.74) is 1.81. The standard InChI is InChI=1S/C23H28F2N4O3/c1-2-3-4-9-19(30)26-17-7-5-6-8-18(17)29-13-15-11-10-14(12-16(15)23(29)31)21-27-28-22(32-21)20(24)25/h10-12,17-18,20H,2-9,13H2,1H3,(H,26,30)/t17-,18-/m1/s1. The van der Waals surface area contributed by atoms with Gasteiger partial charge in [0.15, 0.2) is 0 Å². The van der Waals surface area contributed by atoms with Gasteiger partial charge in [-0.1, -0.05) is 38.7 Å². The van der Waals surface area contributed by atoms with E-state index in [1.165, 1.54) is 0 Å². The number of rotatable bonds is 8. The van der Waals surface area contributed by atoms with Crippen molar-refractivity contribution in [1.82, 2.24) is 20.4 Å². The van der Waals surface area contributed by atoms with Crippen LogP contribution in [0.15, 0.2) is 22.6 Å². The SMILES string of the molecule is CCCCCC(=O)N[C@@H]1CCCC[C@H]1N1Cc2ccc(-c3nnc(C(F)F)o3)cc2C1=O. The molecule has 1 aromatic carbocycles. The van der Waals surface area contributed by atoms with Gasteiger partial charge in [-0.3, -0.25) is 9.59 Å². The first-order chi connectivity index (χ1) is 15.5. The minimum atomic E-state index is -2.84. The summed E-state index contributed by atoms with van der Waals surface area (Å²) >= 11 is 0. The van der Waals surface area contributed by atoms with Gasteiger partial charge in [0, 0.05) is 30.1 Å². The van der Waals surface area contributed by atoms with Crippen molar-refractivity contribution < 1.29 is 22.8 Å². The zero-order valence-corrected chi connectivity index (χ0v) is 18.2. The van der Waals surface area contributed by atoms with Gasteiger partial charge in [-0.2, -0.15) is 8.78 Å². The molecule has 0 spiro atoms. The molecule has 1 fully saturated rings. The summed E-state index contributed by atoms with van der Waals surface area (Å²) in [7, 11) is 0. The van der Waals surface area contributed by atoms with Crippen LogP contribution in [-0.2, 0) is 11.3 Å². The molecule has 0 saturated heterocycles. The van der Waals surface area contributed by atoms with Crippen LogP contribution in [0.1, 0.15) is 86.5 Å². The highest BCUT2D eigenvalue weighted by molar-refractivity contribution is 5.99. The van der Waals surface area contributed by atoms with E-state index in [1.54, 1.807) is 18.2 Å². The van der Waals surface area contributed by atoms with Crippen LogP contribution >= 0.6 is 0 Å². The van der Waals surface area contributed by atoms with E-state index in [4.69, 9.17) is 4.42 Å². The zero-order chi connectivity index (χ0) is 22.7. The van der Waals surface area contributed by atoms with Crippen molar-refractivity contribution in [2.75, 3.05) is 0 Å². The van der Waals surface area contributed by atoms with E-state index in [9.17, 15) is 18.4 Å². The summed E-state index contributed by atoms with van der Waals surface area (Å²) in [6.45, 7) is 2.57. The molecule has 1 saturated carbocycles. The Morgan fingerprint density at radius 3 is 2.81 bits per heavy atom. The van der Waals surface area contributed by atoms with Gasteiger partial charge in [0.25, 0.3) is 11.8 Å². The fraction of sp³-hybridized carbons (Fsp3) is 0.565. The van der Waals surface area contributed by atoms with Gasteiger partial charge in [0.1, 0.15) is 0 Å². The summed E-state index contributed by atoms with van der Waals surface area (Å²) in [5.74, 6) is -0.849. The smallest absolute Gasteiger partial charge is 0.314 e. The van der Waals surface area contributed by atoms with Crippen LogP contribution in [0.5, 0.6) is 0 Å². The Morgan fingerprint density at radius 1 is 1.25 bits per heavy atom. The van der Waals surface area contributed by atoms with Crippen LogP contribution in [-0.4, -0.2) is 39.0 Å². The Bertz CT molecular complexity index is 978. The Kier molecular flexibility index (Phi) is 6.81. The fourth-order valence-corrected chi connectivity index (χ4v) is 4.63. The second-order valence-electron chi connectivity index (χ2n) is 8.53. The topological polar surface area (TPSA) is 88.3 Å². The maximum Gasteiger partial charge on any atom is 0.314 e. The number of halogens is 2. The van der Waals surface area contributed by atoms with E-state index in [2.05, 4.69) is 22.4 Å². The Morgan fingerprint density at radius 2 is 2.06 bits per heavy atom. The lowest BCUT2D eigenvalue weighted by Crippen LogP contribution is -2.53. The van der Waals surface area contributed by atoms with Crippen LogP contribution < -0.4 is 5.32 Å². The first-order valence-electron chi connectivity index (χ1n) is 11.3. The number of carbonyl (C=O) groups is 2. The van der Waals surface area contributed by atoms with E-state index in [-0.39, 0.29) is 29.8 Å². The van der Waals surface area contributed by atoms with E-state index >= 15 is 0 Å². The molecule has 172 valence electrons. The van der Waals surface area contributed by atoms with E-state index in [1.807, 2.05) is 4.90 Å². The minimum absolute atomic E-state index is 0.0377. The van der Waals surface area contributed by atoms with E-state index < -0.39 is 12.3 Å². The third-order valence-electron chi connectivity index (χ3n) is 6.30. The molecule has 0 unspecified atom stereocenters. The molecule has 2 amide bonds. The predicted molar refractivity (Wildman–Crippen MR) is 113 cm³/mol. The highest BCUT2D eigenvalue weighted by Gasteiger charge is 2.38. The van der Waals surface area contributed by atoms with Crippen LogP contribution in [0.2, 0.25) is 0 Å². The molecule has 0 bridgehead atoms. The number of nitrogens with one attached hydrogen (secondary N) is 1. The molecule has 4 rings (SSSR count). The number of nitrogens with zero attached hydrogens (tertiary/aromatic N) is 3. The molecule has 1 aliphatic carbocycles. The maximum absolute atomic E-state index is 13.3. The summed E-state index contributed by atoms with van der Waals surface area (Å²) in [6.07, 6.45) is 4.37. The molecule has 0 radical (unpaired) electrons. The van der Waals surface area contributed by atoms with Gasteiger partial charge >= 0.3 is 6.43 Å². The average Bonchev–Trinajstić information content (AvgIpc) is 3.40. The number of aromatic nitrogens is 2. The molecule has 1 N–H and O–H groups in total. The monoisotopic (exact) mass is 446 g/mol. The molecule has 2 aliphatic rings. The highest BCUT2D eigenvalue weighted by atomic mass is 19.3. The minimum Gasteiger partial charge on any atom is -0.415 e. The number of unbranched alkanes of at least 4 members (excludes halogenated alkanes) is 2. The molecular weight excluding hydrogens is 418 g/mol. The molecule has 2 aromatic rings.